The SMILES string of the molecule is COc1cc(CNC(C)C(=O)O)c(Br)cc1OCc1ccccc1F. The van der Waals surface area contributed by atoms with E-state index in [-0.39, 0.29) is 12.4 Å². The molecule has 0 fully saturated rings. The zero-order valence-electron chi connectivity index (χ0n) is 13.9. The van der Waals surface area contributed by atoms with Gasteiger partial charge < -0.3 is 19.9 Å². The fourth-order valence-electron chi connectivity index (χ4n) is 2.11. The van der Waals surface area contributed by atoms with Crippen LogP contribution in [0.3, 0.4) is 0 Å². The molecule has 1 atom stereocenters. The van der Waals surface area contributed by atoms with Crippen LogP contribution in [-0.4, -0.2) is 24.2 Å². The van der Waals surface area contributed by atoms with Gasteiger partial charge in [-0.1, -0.05) is 34.1 Å². The number of ether oxygens (including phenoxy) is 2. The standard InChI is InChI=1S/C18H19BrFNO4/c1-11(18(22)23)21-9-13-7-16(24-2)17(8-14(13)19)25-10-12-5-3-4-6-15(12)20/h3-8,11,21H,9-10H2,1-2H3,(H,22,23). The molecule has 0 aliphatic carbocycles. The Balaban J connectivity index is 2.13. The minimum atomic E-state index is -0.923. The number of hydrogen-bond donors (Lipinski definition) is 2. The number of hydrogen-bond acceptors (Lipinski definition) is 4. The van der Waals surface area contributed by atoms with Crippen molar-refractivity contribution in [1.82, 2.24) is 5.32 Å². The summed E-state index contributed by atoms with van der Waals surface area (Å²) in [6.45, 7) is 1.99. The maximum absolute atomic E-state index is 13.7. The van der Waals surface area contributed by atoms with E-state index in [9.17, 15) is 9.18 Å². The number of carboxylic acid groups (broad SMARTS) is 1. The Morgan fingerprint density at radius 1 is 1.28 bits per heavy atom. The Morgan fingerprint density at radius 2 is 2.00 bits per heavy atom. The second-order valence-corrected chi connectivity index (χ2v) is 6.27. The number of halogens is 2. The highest BCUT2D eigenvalue weighted by molar-refractivity contribution is 9.10. The minimum absolute atomic E-state index is 0.0725. The van der Waals surface area contributed by atoms with E-state index in [0.29, 0.717) is 23.6 Å². The van der Waals surface area contributed by atoms with Crippen LogP contribution >= 0.6 is 15.9 Å². The smallest absolute Gasteiger partial charge is 0.320 e. The van der Waals surface area contributed by atoms with E-state index in [1.54, 1.807) is 37.3 Å². The highest BCUT2D eigenvalue weighted by Gasteiger charge is 2.14. The molecule has 0 heterocycles. The van der Waals surface area contributed by atoms with Crippen LogP contribution in [0, 0.1) is 5.82 Å². The molecule has 0 amide bonds. The van der Waals surface area contributed by atoms with Crippen LogP contribution in [0.1, 0.15) is 18.1 Å². The fourth-order valence-corrected chi connectivity index (χ4v) is 2.57. The van der Waals surface area contributed by atoms with Gasteiger partial charge in [-0.15, -0.1) is 0 Å². The van der Waals surface area contributed by atoms with E-state index in [2.05, 4.69) is 21.2 Å². The largest absolute Gasteiger partial charge is 0.493 e. The van der Waals surface area contributed by atoms with Gasteiger partial charge in [0.25, 0.3) is 0 Å². The summed E-state index contributed by atoms with van der Waals surface area (Å²) >= 11 is 3.44. The first kappa shape index (κ1) is 19.2. The average Bonchev–Trinajstić information content (AvgIpc) is 2.59. The Bertz CT molecular complexity index is 754. The Morgan fingerprint density at radius 3 is 2.64 bits per heavy atom. The molecule has 0 bridgehead atoms. The molecule has 1 unspecified atom stereocenters. The predicted molar refractivity (Wildman–Crippen MR) is 95.4 cm³/mol. The molecule has 2 aromatic rings. The lowest BCUT2D eigenvalue weighted by Gasteiger charge is -2.15. The number of aliphatic carboxylic acids is 1. The van der Waals surface area contributed by atoms with Gasteiger partial charge in [-0.2, -0.15) is 0 Å². The van der Waals surface area contributed by atoms with Crippen LogP contribution in [0.2, 0.25) is 0 Å². The van der Waals surface area contributed by atoms with Crippen molar-refractivity contribution >= 4 is 21.9 Å². The molecule has 0 aromatic heterocycles. The summed E-state index contributed by atoms with van der Waals surface area (Å²) < 4.78 is 25.4. The molecular formula is C18H19BrFNO4. The van der Waals surface area contributed by atoms with Crippen LogP contribution in [0.4, 0.5) is 4.39 Å². The van der Waals surface area contributed by atoms with Crippen molar-refractivity contribution in [2.75, 3.05) is 7.11 Å². The third-order valence-electron chi connectivity index (χ3n) is 3.64. The molecule has 0 saturated heterocycles. The average molecular weight is 412 g/mol. The van der Waals surface area contributed by atoms with Gasteiger partial charge in [0.05, 0.1) is 7.11 Å². The van der Waals surface area contributed by atoms with Crippen LogP contribution in [0.5, 0.6) is 11.5 Å². The number of rotatable bonds is 8. The Labute approximate surface area is 153 Å². The lowest BCUT2D eigenvalue weighted by molar-refractivity contribution is -0.139. The van der Waals surface area contributed by atoms with E-state index in [1.807, 2.05) is 0 Å². The second-order valence-electron chi connectivity index (χ2n) is 5.42. The summed E-state index contributed by atoms with van der Waals surface area (Å²) in [5, 5.41) is 11.8. The summed E-state index contributed by atoms with van der Waals surface area (Å²) in [5.41, 5.74) is 1.27. The van der Waals surface area contributed by atoms with Gasteiger partial charge in [0.15, 0.2) is 11.5 Å². The summed E-state index contributed by atoms with van der Waals surface area (Å²) in [4.78, 5) is 10.9. The van der Waals surface area contributed by atoms with Crippen molar-refractivity contribution in [2.45, 2.75) is 26.1 Å². The molecule has 134 valence electrons. The molecule has 5 nitrogen and oxygen atoms in total. The molecule has 0 spiro atoms. The maximum atomic E-state index is 13.7. The molecule has 2 rings (SSSR count). The van der Waals surface area contributed by atoms with Crippen LogP contribution in [0.25, 0.3) is 0 Å². The van der Waals surface area contributed by atoms with Crippen molar-refractivity contribution < 1.29 is 23.8 Å². The molecule has 25 heavy (non-hydrogen) atoms. The number of carbonyl (C=O) groups is 1. The van der Waals surface area contributed by atoms with E-state index < -0.39 is 12.0 Å². The Kier molecular flexibility index (Phi) is 6.78. The molecule has 2 N–H and O–H groups in total. The van der Waals surface area contributed by atoms with Gasteiger partial charge in [0, 0.05) is 16.6 Å². The first-order valence-corrected chi connectivity index (χ1v) is 8.40. The van der Waals surface area contributed by atoms with E-state index >= 15 is 0 Å². The van der Waals surface area contributed by atoms with Gasteiger partial charge >= 0.3 is 5.97 Å². The monoisotopic (exact) mass is 411 g/mol. The highest BCUT2D eigenvalue weighted by Crippen LogP contribution is 2.34. The maximum Gasteiger partial charge on any atom is 0.320 e. The molecule has 0 aliphatic heterocycles. The summed E-state index contributed by atoms with van der Waals surface area (Å²) in [7, 11) is 1.51. The van der Waals surface area contributed by atoms with E-state index in [0.717, 1.165) is 10.0 Å². The third kappa shape index (κ3) is 5.17. The molecular weight excluding hydrogens is 393 g/mol. The molecule has 0 aliphatic rings. The first-order chi connectivity index (χ1) is 11.9. The number of methoxy groups -OCH3 is 1. The normalized spacial score (nSPS) is 11.8. The molecule has 0 radical (unpaired) electrons. The van der Waals surface area contributed by atoms with Crippen molar-refractivity contribution in [3.63, 3.8) is 0 Å². The lowest BCUT2D eigenvalue weighted by atomic mass is 10.2. The minimum Gasteiger partial charge on any atom is -0.493 e. The van der Waals surface area contributed by atoms with Gasteiger partial charge in [-0.05, 0) is 30.7 Å². The number of carboxylic acids is 1. The lowest BCUT2D eigenvalue weighted by Crippen LogP contribution is -2.33. The van der Waals surface area contributed by atoms with Crippen molar-refractivity contribution in [2.24, 2.45) is 0 Å². The van der Waals surface area contributed by atoms with Crippen molar-refractivity contribution in [1.29, 1.82) is 0 Å². The van der Waals surface area contributed by atoms with Crippen molar-refractivity contribution in [3.05, 3.63) is 57.8 Å². The zero-order chi connectivity index (χ0) is 18.4. The summed E-state index contributed by atoms with van der Waals surface area (Å²) in [6.07, 6.45) is 0. The van der Waals surface area contributed by atoms with Gasteiger partial charge in [0.2, 0.25) is 0 Å². The first-order valence-electron chi connectivity index (χ1n) is 7.61. The molecule has 2 aromatic carbocycles. The van der Waals surface area contributed by atoms with E-state index in [4.69, 9.17) is 14.6 Å². The summed E-state index contributed by atoms with van der Waals surface area (Å²) in [5.74, 6) is -0.302. The van der Waals surface area contributed by atoms with Crippen molar-refractivity contribution in [3.8, 4) is 11.5 Å². The third-order valence-corrected chi connectivity index (χ3v) is 4.38. The number of nitrogens with one attached hydrogen (secondary N) is 1. The topological polar surface area (TPSA) is 67.8 Å². The summed E-state index contributed by atoms with van der Waals surface area (Å²) in [6, 6.07) is 9.20. The second kappa shape index (κ2) is 8.82. The molecule has 7 heteroatoms. The van der Waals surface area contributed by atoms with Gasteiger partial charge in [0.1, 0.15) is 18.5 Å². The van der Waals surface area contributed by atoms with Crippen LogP contribution in [0.15, 0.2) is 40.9 Å². The number of benzene rings is 2. The van der Waals surface area contributed by atoms with E-state index in [1.165, 1.54) is 13.2 Å². The predicted octanol–water partition coefficient (Wildman–Crippen LogP) is 3.74. The van der Waals surface area contributed by atoms with Gasteiger partial charge in [-0.25, -0.2) is 4.39 Å². The van der Waals surface area contributed by atoms with Crippen LogP contribution in [-0.2, 0) is 17.9 Å². The Hall–Kier alpha value is -2.12. The zero-order valence-corrected chi connectivity index (χ0v) is 15.5. The molecule has 0 saturated carbocycles. The fraction of sp³-hybridized carbons (Fsp3) is 0.278. The van der Waals surface area contributed by atoms with Crippen LogP contribution < -0.4 is 14.8 Å². The highest BCUT2D eigenvalue weighted by atomic mass is 79.9. The quantitative estimate of drug-likeness (QED) is 0.692. The van der Waals surface area contributed by atoms with Gasteiger partial charge in [-0.3, -0.25) is 4.79 Å².